The maximum atomic E-state index is 10.9. The summed E-state index contributed by atoms with van der Waals surface area (Å²) in [5.74, 6) is 0. The number of aromatic nitrogens is 1. The summed E-state index contributed by atoms with van der Waals surface area (Å²) in [5.41, 5.74) is 0. The van der Waals surface area contributed by atoms with E-state index in [0.29, 0.717) is 13.1 Å². The van der Waals surface area contributed by atoms with Crippen LogP contribution in [0.2, 0.25) is 0 Å². The fourth-order valence-electron chi connectivity index (χ4n) is 1.45. The van der Waals surface area contributed by atoms with Crippen molar-refractivity contribution in [1.29, 1.82) is 0 Å². The highest BCUT2D eigenvalue weighted by molar-refractivity contribution is 7.13. The molecule has 0 spiro atoms. The minimum atomic E-state index is -0.358. The first-order valence-corrected chi connectivity index (χ1v) is 5.62. The summed E-state index contributed by atoms with van der Waals surface area (Å²) in [6.45, 7) is 2.99. The standard InChI is InChI=1S/C8H10ClN3OS/c9-7(13)11-2-4-12(5-3-11)8-10-1-6-14-8/h1,6H,2-5H2. The van der Waals surface area contributed by atoms with Crippen LogP contribution in [-0.2, 0) is 0 Å². The number of amides is 1. The molecular weight excluding hydrogens is 222 g/mol. The van der Waals surface area contributed by atoms with E-state index >= 15 is 0 Å². The van der Waals surface area contributed by atoms with Gasteiger partial charge < -0.3 is 9.80 Å². The van der Waals surface area contributed by atoms with Crippen LogP contribution >= 0.6 is 22.9 Å². The molecule has 0 unspecified atom stereocenters. The molecule has 76 valence electrons. The molecule has 0 N–H and O–H groups in total. The highest BCUT2D eigenvalue weighted by Gasteiger charge is 2.20. The summed E-state index contributed by atoms with van der Waals surface area (Å²) in [7, 11) is 0. The van der Waals surface area contributed by atoms with E-state index in [-0.39, 0.29) is 5.37 Å². The second-order valence-corrected chi connectivity index (χ2v) is 4.24. The van der Waals surface area contributed by atoms with Crippen molar-refractivity contribution < 1.29 is 4.79 Å². The molecule has 1 aromatic rings. The molecule has 2 rings (SSSR count). The summed E-state index contributed by atoms with van der Waals surface area (Å²) >= 11 is 7.00. The molecule has 14 heavy (non-hydrogen) atoms. The number of rotatable bonds is 1. The summed E-state index contributed by atoms with van der Waals surface area (Å²) in [4.78, 5) is 18.9. The number of nitrogens with zero attached hydrogens (tertiary/aromatic N) is 3. The minimum Gasteiger partial charge on any atom is -0.345 e. The van der Waals surface area contributed by atoms with Gasteiger partial charge in [-0.15, -0.1) is 11.3 Å². The zero-order valence-corrected chi connectivity index (χ0v) is 9.09. The van der Waals surface area contributed by atoms with Gasteiger partial charge in [-0.1, -0.05) is 0 Å². The summed E-state index contributed by atoms with van der Waals surface area (Å²) in [6, 6.07) is 0. The molecule has 1 aliphatic heterocycles. The first kappa shape index (κ1) is 9.73. The maximum absolute atomic E-state index is 10.9. The van der Waals surface area contributed by atoms with Crippen molar-refractivity contribution in [2.45, 2.75) is 0 Å². The Morgan fingerprint density at radius 2 is 2.14 bits per heavy atom. The number of carbonyl (C=O) groups is 1. The van der Waals surface area contributed by atoms with Gasteiger partial charge in [0.2, 0.25) is 0 Å². The van der Waals surface area contributed by atoms with Gasteiger partial charge in [-0.05, 0) is 11.6 Å². The minimum absolute atomic E-state index is 0.358. The van der Waals surface area contributed by atoms with Crippen LogP contribution in [0.1, 0.15) is 0 Å². The fraction of sp³-hybridized carbons (Fsp3) is 0.500. The molecule has 4 nitrogen and oxygen atoms in total. The van der Waals surface area contributed by atoms with Gasteiger partial charge in [-0.25, -0.2) is 4.98 Å². The molecule has 2 heterocycles. The lowest BCUT2D eigenvalue weighted by atomic mass is 10.3. The average molecular weight is 232 g/mol. The number of hydrogen-bond donors (Lipinski definition) is 0. The van der Waals surface area contributed by atoms with Crippen LogP contribution in [0.25, 0.3) is 0 Å². The van der Waals surface area contributed by atoms with E-state index in [1.54, 1.807) is 22.4 Å². The van der Waals surface area contributed by atoms with Crippen molar-refractivity contribution in [3.05, 3.63) is 11.6 Å². The van der Waals surface area contributed by atoms with Crippen LogP contribution in [0.5, 0.6) is 0 Å². The molecule has 1 aromatic heterocycles. The zero-order chi connectivity index (χ0) is 9.97. The van der Waals surface area contributed by atoms with Crippen molar-refractivity contribution in [3.8, 4) is 0 Å². The molecule has 1 aliphatic rings. The number of anilines is 1. The molecule has 1 amide bonds. The van der Waals surface area contributed by atoms with Crippen molar-refractivity contribution in [2.24, 2.45) is 0 Å². The first-order valence-electron chi connectivity index (χ1n) is 4.36. The first-order chi connectivity index (χ1) is 6.77. The second-order valence-electron chi connectivity index (χ2n) is 3.04. The van der Waals surface area contributed by atoms with Gasteiger partial charge in [0.25, 0.3) is 0 Å². The van der Waals surface area contributed by atoms with Crippen LogP contribution in [0.4, 0.5) is 9.93 Å². The van der Waals surface area contributed by atoms with Crippen LogP contribution in [0, 0.1) is 0 Å². The van der Waals surface area contributed by atoms with Crippen LogP contribution < -0.4 is 4.90 Å². The Morgan fingerprint density at radius 3 is 2.64 bits per heavy atom. The maximum Gasteiger partial charge on any atom is 0.316 e. The van der Waals surface area contributed by atoms with Gasteiger partial charge in [0.05, 0.1) is 0 Å². The molecule has 0 aromatic carbocycles. The third-order valence-electron chi connectivity index (χ3n) is 2.22. The number of carbonyl (C=O) groups excluding carboxylic acids is 1. The lowest BCUT2D eigenvalue weighted by molar-refractivity contribution is 0.218. The van der Waals surface area contributed by atoms with E-state index in [0.717, 1.165) is 18.2 Å². The smallest absolute Gasteiger partial charge is 0.316 e. The molecule has 0 saturated carbocycles. The number of thiazole rings is 1. The quantitative estimate of drug-likeness (QED) is 0.545. The van der Waals surface area contributed by atoms with E-state index in [1.807, 2.05) is 5.38 Å². The van der Waals surface area contributed by atoms with E-state index in [1.165, 1.54) is 0 Å². The lowest BCUT2D eigenvalue weighted by Crippen LogP contribution is -2.47. The molecule has 0 bridgehead atoms. The van der Waals surface area contributed by atoms with Crippen LogP contribution in [0.3, 0.4) is 0 Å². The Labute approximate surface area is 91.1 Å². The van der Waals surface area contributed by atoms with Crippen molar-refractivity contribution >= 4 is 33.4 Å². The van der Waals surface area contributed by atoms with E-state index in [4.69, 9.17) is 11.6 Å². The summed E-state index contributed by atoms with van der Waals surface area (Å²) in [6.07, 6.45) is 1.79. The molecule has 0 aliphatic carbocycles. The average Bonchev–Trinajstić information content (AvgIpc) is 2.71. The van der Waals surface area contributed by atoms with Gasteiger partial charge in [0.15, 0.2) is 5.13 Å². The van der Waals surface area contributed by atoms with Gasteiger partial charge >= 0.3 is 5.37 Å². The Bertz CT molecular complexity index is 308. The zero-order valence-electron chi connectivity index (χ0n) is 7.52. The van der Waals surface area contributed by atoms with Gasteiger partial charge in [0, 0.05) is 37.8 Å². The van der Waals surface area contributed by atoms with Crippen LogP contribution in [-0.4, -0.2) is 41.4 Å². The Kier molecular flexibility index (Phi) is 2.88. The van der Waals surface area contributed by atoms with E-state index in [9.17, 15) is 4.79 Å². The number of halogens is 1. The molecule has 0 atom stereocenters. The SMILES string of the molecule is O=C(Cl)N1CCN(c2nccs2)CC1. The molecule has 6 heteroatoms. The number of hydrogen-bond acceptors (Lipinski definition) is 4. The Hall–Kier alpha value is -0.810. The van der Waals surface area contributed by atoms with Crippen molar-refractivity contribution in [1.82, 2.24) is 9.88 Å². The molecular formula is C8H10ClN3OS. The van der Waals surface area contributed by atoms with Gasteiger partial charge in [-0.2, -0.15) is 0 Å². The third-order valence-corrected chi connectivity index (χ3v) is 3.29. The van der Waals surface area contributed by atoms with Gasteiger partial charge in [0.1, 0.15) is 0 Å². The molecule has 1 saturated heterocycles. The third kappa shape index (κ3) is 1.99. The Balaban J connectivity index is 1.93. The highest BCUT2D eigenvalue weighted by atomic mass is 35.5. The number of piperazine rings is 1. The second kappa shape index (κ2) is 4.14. The predicted octanol–water partition coefficient (Wildman–Crippen LogP) is 1.62. The summed E-state index contributed by atoms with van der Waals surface area (Å²) < 4.78 is 0. The van der Waals surface area contributed by atoms with E-state index < -0.39 is 0 Å². The van der Waals surface area contributed by atoms with Gasteiger partial charge in [-0.3, -0.25) is 4.79 Å². The largest absolute Gasteiger partial charge is 0.345 e. The van der Waals surface area contributed by atoms with E-state index in [2.05, 4.69) is 9.88 Å². The highest BCUT2D eigenvalue weighted by Crippen LogP contribution is 2.19. The topological polar surface area (TPSA) is 36.4 Å². The van der Waals surface area contributed by atoms with Crippen LogP contribution in [0.15, 0.2) is 11.6 Å². The van der Waals surface area contributed by atoms with Crippen molar-refractivity contribution in [2.75, 3.05) is 31.1 Å². The predicted molar refractivity (Wildman–Crippen MR) is 57.1 cm³/mol. The fourth-order valence-corrected chi connectivity index (χ4v) is 2.31. The van der Waals surface area contributed by atoms with Crippen molar-refractivity contribution in [3.63, 3.8) is 0 Å². The molecule has 1 fully saturated rings. The summed E-state index contributed by atoms with van der Waals surface area (Å²) in [5, 5.41) is 2.62. The lowest BCUT2D eigenvalue weighted by Gasteiger charge is -2.33. The molecule has 0 radical (unpaired) electrons. The normalized spacial score (nSPS) is 17.2. The monoisotopic (exact) mass is 231 g/mol. The Morgan fingerprint density at radius 1 is 1.43 bits per heavy atom.